The van der Waals surface area contributed by atoms with E-state index in [1.54, 1.807) is 30.5 Å². The summed E-state index contributed by atoms with van der Waals surface area (Å²) in [4.78, 5) is 24.1. The minimum atomic E-state index is -0.481. The van der Waals surface area contributed by atoms with Crippen LogP contribution in [0.15, 0.2) is 46.3 Å². The Bertz CT molecular complexity index is 1050. The maximum Gasteiger partial charge on any atom is 0.292 e. The highest BCUT2D eigenvalue weighted by molar-refractivity contribution is 6.04. The molecular formula is C19H18N4O2. The van der Waals surface area contributed by atoms with E-state index in [0.717, 1.165) is 16.7 Å². The van der Waals surface area contributed by atoms with Gasteiger partial charge < -0.3 is 0 Å². The molecule has 3 rings (SSSR count). The minimum Gasteiger partial charge on any atom is -0.267 e. The molecule has 0 atom stereocenters. The molecule has 6 nitrogen and oxygen atoms in total. The summed E-state index contributed by atoms with van der Waals surface area (Å²) >= 11 is 0. The molecule has 0 unspecified atom stereocenters. The number of H-pyrrole nitrogens is 1. The molecular weight excluding hydrogens is 316 g/mol. The largest absolute Gasteiger partial charge is 0.292 e. The average molecular weight is 334 g/mol. The maximum absolute atomic E-state index is 12.4. The summed E-state index contributed by atoms with van der Waals surface area (Å²) in [6.45, 7) is 6.08. The molecule has 0 saturated heterocycles. The van der Waals surface area contributed by atoms with Crippen LogP contribution in [-0.4, -0.2) is 22.3 Å². The van der Waals surface area contributed by atoms with E-state index in [-0.39, 0.29) is 11.3 Å². The number of aromatic amines is 1. The molecule has 25 heavy (non-hydrogen) atoms. The molecule has 2 N–H and O–H groups in total. The normalized spacial score (nSPS) is 11.2. The zero-order valence-electron chi connectivity index (χ0n) is 14.3. The Hall–Kier alpha value is -3.28. The fourth-order valence-electron chi connectivity index (χ4n) is 2.62. The zero-order chi connectivity index (χ0) is 18.0. The van der Waals surface area contributed by atoms with Crippen LogP contribution in [0.5, 0.6) is 0 Å². The summed E-state index contributed by atoms with van der Waals surface area (Å²) in [7, 11) is 0. The van der Waals surface area contributed by atoms with E-state index in [1.165, 1.54) is 5.56 Å². The Labute approximate surface area is 144 Å². The Morgan fingerprint density at radius 2 is 1.76 bits per heavy atom. The lowest BCUT2D eigenvalue weighted by Crippen LogP contribution is -2.22. The molecule has 0 aliphatic rings. The summed E-state index contributed by atoms with van der Waals surface area (Å²) in [5.74, 6) is -0.481. The van der Waals surface area contributed by atoms with Gasteiger partial charge in [-0.05, 0) is 55.2 Å². The van der Waals surface area contributed by atoms with Crippen molar-refractivity contribution in [3.63, 3.8) is 0 Å². The number of amides is 1. The van der Waals surface area contributed by atoms with Crippen molar-refractivity contribution >= 4 is 22.9 Å². The number of nitrogens with one attached hydrogen (secondary N) is 2. The first kappa shape index (κ1) is 16.6. The summed E-state index contributed by atoms with van der Waals surface area (Å²) in [6.07, 6.45) is 1.60. The lowest BCUT2D eigenvalue weighted by Gasteiger charge is -2.06. The first-order valence-electron chi connectivity index (χ1n) is 7.86. The van der Waals surface area contributed by atoms with Crippen molar-refractivity contribution in [3.05, 3.63) is 74.7 Å². The smallest absolute Gasteiger partial charge is 0.267 e. The van der Waals surface area contributed by atoms with E-state index < -0.39 is 5.91 Å². The molecule has 0 aliphatic heterocycles. The van der Waals surface area contributed by atoms with Crippen molar-refractivity contribution in [2.75, 3.05) is 0 Å². The average Bonchev–Trinajstić information content (AvgIpc) is 2.60. The SMILES string of the molecule is Cc1cc(C)c(/C=N\NC(=O)c2n[nH]c(=O)c3ccccc23)cc1C. The van der Waals surface area contributed by atoms with Crippen LogP contribution in [0.3, 0.4) is 0 Å². The molecule has 0 saturated carbocycles. The quantitative estimate of drug-likeness (QED) is 0.570. The van der Waals surface area contributed by atoms with Crippen LogP contribution < -0.4 is 11.0 Å². The van der Waals surface area contributed by atoms with Gasteiger partial charge in [0.05, 0.1) is 11.6 Å². The molecule has 126 valence electrons. The lowest BCUT2D eigenvalue weighted by molar-refractivity contribution is 0.0951. The van der Waals surface area contributed by atoms with Crippen molar-refractivity contribution in [3.8, 4) is 0 Å². The van der Waals surface area contributed by atoms with Crippen LogP contribution in [-0.2, 0) is 0 Å². The third-order valence-electron chi connectivity index (χ3n) is 4.16. The molecule has 6 heteroatoms. The third kappa shape index (κ3) is 3.33. The number of carbonyl (C=O) groups excluding carboxylic acids is 1. The molecule has 1 amide bonds. The van der Waals surface area contributed by atoms with Gasteiger partial charge in [0.15, 0.2) is 5.69 Å². The fraction of sp³-hybridized carbons (Fsp3) is 0.158. The fourth-order valence-corrected chi connectivity index (χ4v) is 2.62. The summed E-state index contributed by atoms with van der Waals surface area (Å²) < 4.78 is 0. The number of rotatable bonds is 3. The molecule has 0 bridgehead atoms. The number of aromatic nitrogens is 2. The van der Waals surface area contributed by atoms with Crippen LogP contribution in [0.1, 0.15) is 32.7 Å². The number of nitrogens with zero attached hydrogens (tertiary/aromatic N) is 2. The first-order chi connectivity index (χ1) is 12.0. The number of hydrazone groups is 1. The number of fused-ring (bicyclic) bond motifs is 1. The second kappa shape index (κ2) is 6.68. The van der Waals surface area contributed by atoms with Gasteiger partial charge in [-0.2, -0.15) is 10.2 Å². The van der Waals surface area contributed by atoms with Gasteiger partial charge in [0.25, 0.3) is 11.5 Å². The van der Waals surface area contributed by atoms with E-state index >= 15 is 0 Å². The Morgan fingerprint density at radius 1 is 1.08 bits per heavy atom. The number of hydrogen-bond acceptors (Lipinski definition) is 4. The van der Waals surface area contributed by atoms with Crippen LogP contribution in [0, 0.1) is 20.8 Å². The number of carbonyl (C=O) groups is 1. The predicted molar refractivity (Wildman–Crippen MR) is 98.1 cm³/mol. The highest BCUT2D eigenvalue weighted by Gasteiger charge is 2.13. The van der Waals surface area contributed by atoms with E-state index in [1.807, 2.05) is 19.9 Å². The molecule has 0 aliphatic carbocycles. The summed E-state index contributed by atoms with van der Waals surface area (Å²) in [6, 6.07) is 10.9. The van der Waals surface area contributed by atoms with Crippen LogP contribution in [0.4, 0.5) is 0 Å². The molecule has 0 radical (unpaired) electrons. The molecule has 3 aromatic rings. The third-order valence-corrected chi connectivity index (χ3v) is 4.16. The van der Waals surface area contributed by atoms with E-state index in [2.05, 4.69) is 33.7 Å². The maximum atomic E-state index is 12.4. The van der Waals surface area contributed by atoms with Gasteiger partial charge in [-0.25, -0.2) is 10.5 Å². The second-order valence-electron chi connectivity index (χ2n) is 5.94. The Kier molecular flexibility index (Phi) is 4.43. The van der Waals surface area contributed by atoms with E-state index in [9.17, 15) is 9.59 Å². The Balaban J connectivity index is 1.86. The molecule has 0 spiro atoms. The topological polar surface area (TPSA) is 87.2 Å². The minimum absolute atomic E-state index is 0.129. The van der Waals surface area contributed by atoms with Crippen molar-refractivity contribution in [2.45, 2.75) is 20.8 Å². The molecule has 0 fully saturated rings. The van der Waals surface area contributed by atoms with Crippen LogP contribution in [0.2, 0.25) is 0 Å². The first-order valence-corrected chi connectivity index (χ1v) is 7.86. The number of hydrogen-bond donors (Lipinski definition) is 2. The van der Waals surface area contributed by atoms with E-state index in [4.69, 9.17) is 0 Å². The lowest BCUT2D eigenvalue weighted by atomic mass is 10.0. The van der Waals surface area contributed by atoms with Crippen LogP contribution in [0.25, 0.3) is 10.8 Å². The molecule has 1 heterocycles. The van der Waals surface area contributed by atoms with Crippen LogP contribution >= 0.6 is 0 Å². The summed E-state index contributed by atoms with van der Waals surface area (Å²) in [5, 5.41) is 11.1. The van der Waals surface area contributed by atoms with Gasteiger partial charge in [-0.15, -0.1) is 0 Å². The standard InChI is InChI=1S/C19H18N4O2/c1-11-8-13(3)14(9-12(11)2)10-20-22-19(25)17-15-6-4-5-7-16(15)18(24)23-21-17/h4-10H,1-3H3,(H,22,25)(H,23,24)/b20-10-. The van der Waals surface area contributed by atoms with Crippen molar-refractivity contribution in [1.29, 1.82) is 0 Å². The van der Waals surface area contributed by atoms with Crippen molar-refractivity contribution in [2.24, 2.45) is 5.10 Å². The monoisotopic (exact) mass is 334 g/mol. The van der Waals surface area contributed by atoms with Gasteiger partial charge >= 0.3 is 0 Å². The van der Waals surface area contributed by atoms with Gasteiger partial charge in [-0.3, -0.25) is 9.59 Å². The van der Waals surface area contributed by atoms with Crippen molar-refractivity contribution < 1.29 is 4.79 Å². The number of benzene rings is 2. The number of aryl methyl sites for hydroxylation is 3. The van der Waals surface area contributed by atoms with Crippen molar-refractivity contribution in [1.82, 2.24) is 15.6 Å². The highest BCUT2D eigenvalue weighted by Crippen LogP contribution is 2.14. The van der Waals surface area contributed by atoms with Gasteiger partial charge in [-0.1, -0.05) is 24.3 Å². The predicted octanol–water partition coefficient (Wildman–Crippen LogP) is 2.61. The molecule has 1 aromatic heterocycles. The summed E-state index contributed by atoms with van der Waals surface area (Å²) in [5.41, 5.74) is 6.64. The second-order valence-corrected chi connectivity index (χ2v) is 5.94. The Morgan fingerprint density at radius 3 is 2.52 bits per heavy atom. The van der Waals surface area contributed by atoms with Gasteiger partial charge in [0.2, 0.25) is 0 Å². The van der Waals surface area contributed by atoms with Gasteiger partial charge in [0.1, 0.15) is 0 Å². The van der Waals surface area contributed by atoms with Gasteiger partial charge in [0, 0.05) is 5.39 Å². The highest BCUT2D eigenvalue weighted by atomic mass is 16.2. The molecule has 2 aromatic carbocycles. The van der Waals surface area contributed by atoms with E-state index in [0.29, 0.717) is 10.8 Å². The zero-order valence-corrected chi connectivity index (χ0v) is 14.3.